The molecule has 0 amide bonds. The van der Waals surface area contributed by atoms with Gasteiger partial charge in [-0.25, -0.2) is 9.78 Å². The van der Waals surface area contributed by atoms with Crippen molar-refractivity contribution in [3.8, 4) is 11.7 Å². The third-order valence-corrected chi connectivity index (χ3v) is 8.59. The zero-order valence-corrected chi connectivity index (χ0v) is 24.6. The molecule has 1 saturated heterocycles. The van der Waals surface area contributed by atoms with Crippen molar-refractivity contribution in [2.24, 2.45) is 0 Å². The Balaban J connectivity index is 1.22. The minimum atomic E-state index is -1.09. The molecule has 4 heterocycles. The molecule has 9 nitrogen and oxygen atoms in total. The molecule has 0 atom stereocenters. The Kier molecular flexibility index (Phi) is 8.13. The highest BCUT2D eigenvalue weighted by atomic mass is 16.5. The summed E-state index contributed by atoms with van der Waals surface area (Å²) in [6.45, 7) is 10.7. The molecule has 1 aliphatic carbocycles. The van der Waals surface area contributed by atoms with Crippen molar-refractivity contribution in [1.29, 1.82) is 0 Å². The van der Waals surface area contributed by atoms with Gasteiger partial charge < -0.3 is 19.3 Å². The van der Waals surface area contributed by atoms with Crippen molar-refractivity contribution < 1.29 is 24.1 Å². The number of carboxylic acids is 1. The number of fused-ring (bicyclic) bond motifs is 1. The van der Waals surface area contributed by atoms with E-state index in [-0.39, 0.29) is 11.4 Å². The molecule has 2 aromatic heterocycles. The lowest BCUT2D eigenvalue weighted by Gasteiger charge is -2.30. The number of hydrogen-bond donors (Lipinski definition) is 1. The largest absolute Gasteiger partial charge is 0.488 e. The standard InChI is InChI=1S/C33H38N4O5/c1-4-41-32-27(33(38)39)17-34-37(32)30-10-6-9-29(35-30)26-8-5-7-21(2)31(26)42-20-24-12-11-23-18-36(19-28(23)22(24)3)25-13-15-40-16-14-25/h6,8-12,17,25H,4-5,7,13-16,18-20H2,1-3H3,(H,38,39). The summed E-state index contributed by atoms with van der Waals surface area (Å²) >= 11 is 0. The number of hydrogen-bond acceptors (Lipinski definition) is 7. The molecule has 3 aliphatic rings. The first kappa shape index (κ1) is 28.2. The van der Waals surface area contributed by atoms with Crippen molar-refractivity contribution in [3.63, 3.8) is 0 Å². The fourth-order valence-electron chi connectivity index (χ4n) is 6.23. The Labute approximate surface area is 246 Å². The van der Waals surface area contributed by atoms with E-state index < -0.39 is 5.97 Å². The Morgan fingerprint density at radius 1 is 1.12 bits per heavy atom. The quantitative estimate of drug-likeness (QED) is 0.343. The summed E-state index contributed by atoms with van der Waals surface area (Å²) in [7, 11) is 0. The monoisotopic (exact) mass is 570 g/mol. The van der Waals surface area contributed by atoms with Crippen molar-refractivity contribution >= 4 is 11.5 Å². The molecule has 2 aliphatic heterocycles. The van der Waals surface area contributed by atoms with Gasteiger partial charge in [-0.2, -0.15) is 9.78 Å². The van der Waals surface area contributed by atoms with E-state index in [2.05, 4.69) is 42.1 Å². The Morgan fingerprint density at radius 2 is 1.95 bits per heavy atom. The molecule has 1 fully saturated rings. The topological polar surface area (TPSA) is 98.9 Å². The molecule has 9 heteroatoms. The molecule has 0 saturated carbocycles. The summed E-state index contributed by atoms with van der Waals surface area (Å²) in [5.41, 5.74) is 8.25. The molecule has 1 N–H and O–H groups in total. The molecule has 1 aromatic carbocycles. The normalized spacial score (nSPS) is 17.7. The van der Waals surface area contributed by atoms with Crippen LogP contribution >= 0.6 is 0 Å². The van der Waals surface area contributed by atoms with Crippen LogP contribution in [0.2, 0.25) is 0 Å². The maximum absolute atomic E-state index is 11.7. The van der Waals surface area contributed by atoms with Crippen LogP contribution in [0.1, 0.15) is 77.8 Å². The number of carbonyl (C=O) groups is 1. The van der Waals surface area contributed by atoms with E-state index in [0.717, 1.165) is 69.0 Å². The lowest BCUT2D eigenvalue weighted by atomic mass is 9.95. The molecule has 6 rings (SSSR count). The van der Waals surface area contributed by atoms with Crippen LogP contribution in [0.5, 0.6) is 5.88 Å². The minimum absolute atomic E-state index is 0.00120. The second-order valence-electron chi connectivity index (χ2n) is 11.2. The molecule has 0 bridgehead atoms. The van der Waals surface area contributed by atoms with E-state index >= 15 is 0 Å². The van der Waals surface area contributed by atoms with E-state index in [4.69, 9.17) is 19.2 Å². The molecule has 3 aromatic rings. The van der Waals surface area contributed by atoms with Crippen LogP contribution in [0.4, 0.5) is 0 Å². The maximum atomic E-state index is 11.7. The van der Waals surface area contributed by atoms with Gasteiger partial charge in [0, 0.05) is 37.9 Å². The zero-order chi connectivity index (χ0) is 29.2. The summed E-state index contributed by atoms with van der Waals surface area (Å²) in [4.78, 5) is 19.2. The fraction of sp³-hybridized carbons (Fsp3) is 0.424. The van der Waals surface area contributed by atoms with Gasteiger partial charge in [0.1, 0.15) is 17.9 Å². The number of rotatable bonds is 9. The minimum Gasteiger partial charge on any atom is -0.488 e. The second-order valence-corrected chi connectivity index (χ2v) is 11.2. The molecular formula is C33H38N4O5. The van der Waals surface area contributed by atoms with Gasteiger partial charge in [-0.15, -0.1) is 0 Å². The summed E-state index contributed by atoms with van der Waals surface area (Å²) in [5.74, 6) is 0.406. The third-order valence-electron chi connectivity index (χ3n) is 8.59. The van der Waals surface area contributed by atoms with E-state index in [1.807, 2.05) is 19.1 Å². The third kappa shape index (κ3) is 5.46. The fourth-order valence-corrected chi connectivity index (χ4v) is 6.23. The molecule has 0 unspecified atom stereocenters. The lowest BCUT2D eigenvalue weighted by molar-refractivity contribution is 0.0325. The van der Waals surface area contributed by atoms with Crippen molar-refractivity contribution in [2.75, 3.05) is 19.8 Å². The van der Waals surface area contributed by atoms with E-state index in [1.54, 1.807) is 6.07 Å². The summed E-state index contributed by atoms with van der Waals surface area (Å²) in [6.07, 6.45) is 7.50. The maximum Gasteiger partial charge on any atom is 0.342 e. The van der Waals surface area contributed by atoms with E-state index in [0.29, 0.717) is 25.1 Å². The van der Waals surface area contributed by atoms with Crippen LogP contribution < -0.4 is 4.74 Å². The van der Waals surface area contributed by atoms with Gasteiger partial charge in [0.25, 0.3) is 0 Å². The van der Waals surface area contributed by atoms with Gasteiger partial charge in [0.05, 0.1) is 18.5 Å². The van der Waals surface area contributed by atoms with Gasteiger partial charge in [-0.1, -0.05) is 24.3 Å². The van der Waals surface area contributed by atoms with E-state index in [1.165, 1.54) is 38.7 Å². The SMILES string of the molecule is CCOc1c(C(=O)O)cnn1-c1cccc(C2=CCCC(C)=C2OCc2ccc3c(c2C)CN(C2CCOCC2)C3)n1. The Morgan fingerprint density at radius 3 is 2.74 bits per heavy atom. The van der Waals surface area contributed by atoms with Gasteiger partial charge in [0.15, 0.2) is 5.82 Å². The number of benzene rings is 1. The number of aromatic carboxylic acids is 1. The average Bonchev–Trinajstić information content (AvgIpc) is 3.64. The van der Waals surface area contributed by atoms with Gasteiger partial charge in [0.2, 0.25) is 5.88 Å². The first-order valence-corrected chi connectivity index (χ1v) is 14.8. The van der Waals surface area contributed by atoms with Crippen molar-refractivity contribution in [1.82, 2.24) is 19.7 Å². The lowest BCUT2D eigenvalue weighted by Crippen LogP contribution is -2.35. The van der Waals surface area contributed by atoms with E-state index in [9.17, 15) is 9.90 Å². The van der Waals surface area contributed by atoms with Crippen LogP contribution in [-0.2, 0) is 29.2 Å². The highest BCUT2D eigenvalue weighted by Gasteiger charge is 2.29. The van der Waals surface area contributed by atoms with Crippen LogP contribution in [0.3, 0.4) is 0 Å². The molecular weight excluding hydrogens is 532 g/mol. The highest BCUT2D eigenvalue weighted by molar-refractivity contribution is 5.90. The summed E-state index contributed by atoms with van der Waals surface area (Å²) in [5, 5.41) is 13.9. The molecule has 220 valence electrons. The van der Waals surface area contributed by atoms with Crippen LogP contribution in [0, 0.1) is 6.92 Å². The predicted octanol–water partition coefficient (Wildman–Crippen LogP) is 5.84. The number of allylic oxidation sites excluding steroid dienone is 3. The predicted molar refractivity (Wildman–Crippen MR) is 158 cm³/mol. The molecule has 0 spiro atoms. The van der Waals surface area contributed by atoms with Crippen LogP contribution in [-0.4, -0.2) is 56.6 Å². The summed E-state index contributed by atoms with van der Waals surface area (Å²) < 4.78 is 19.3. The number of ether oxygens (including phenoxy) is 3. The van der Waals surface area contributed by atoms with Gasteiger partial charge in [-0.3, -0.25) is 4.90 Å². The van der Waals surface area contributed by atoms with Crippen LogP contribution in [0.25, 0.3) is 11.4 Å². The van der Waals surface area contributed by atoms with Gasteiger partial charge >= 0.3 is 5.97 Å². The Hall–Kier alpha value is -3.95. The summed E-state index contributed by atoms with van der Waals surface area (Å²) in [6, 6.07) is 10.7. The van der Waals surface area contributed by atoms with Crippen LogP contribution in [0.15, 0.2) is 53.9 Å². The Bertz CT molecular complexity index is 1550. The van der Waals surface area contributed by atoms with Crippen molar-refractivity contribution in [3.05, 3.63) is 87.4 Å². The second kappa shape index (κ2) is 12.1. The highest BCUT2D eigenvalue weighted by Crippen LogP contribution is 2.36. The first-order valence-electron chi connectivity index (χ1n) is 14.8. The first-order chi connectivity index (χ1) is 20.4. The smallest absolute Gasteiger partial charge is 0.342 e. The number of aromatic nitrogens is 3. The average molecular weight is 571 g/mol. The van der Waals surface area contributed by atoms with Gasteiger partial charge in [-0.05, 0) is 86.4 Å². The number of pyridine rings is 1. The van der Waals surface area contributed by atoms with Crippen molar-refractivity contribution in [2.45, 2.75) is 72.2 Å². The number of nitrogens with zero attached hydrogens (tertiary/aromatic N) is 4. The molecule has 42 heavy (non-hydrogen) atoms. The molecule has 0 radical (unpaired) electrons. The number of carboxylic acid groups (broad SMARTS) is 1. The zero-order valence-electron chi connectivity index (χ0n) is 24.6.